The quantitative estimate of drug-likeness (QED) is 0.573. The summed E-state index contributed by atoms with van der Waals surface area (Å²) in [7, 11) is 0. The Hall–Kier alpha value is -0.520. The van der Waals surface area contributed by atoms with E-state index in [4.69, 9.17) is 23.2 Å². The molecule has 0 amide bonds. The fraction of sp³-hybridized carbons (Fsp3) is 0.500. The average molecular weight is 382 g/mol. The third-order valence-corrected chi connectivity index (χ3v) is 6.29. The molecule has 7 heteroatoms. The van der Waals surface area contributed by atoms with Crippen LogP contribution in [0.15, 0.2) is 22.7 Å². The number of nitrogens with zero attached hydrogens (tertiary/aromatic N) is 1. The molecule has 0 N–H and O–H groups in total. The van der Waals surface area contributed by atoms with Crippen LogP contribution in [0.2, 0.25) is 10.0 Å². The zero-order chi connectivity index (χ0) is 16.8. The van der Waals surface area contributed by atoms with Crippen LogP contribution in [0.3, 0.4) is 0 Å². The summed E-state index contributed by atoms with van der Waals surface area (Å²) in [6.07, 6.45) is -0.914. The van der Waals surface area contributed by atoms with Crippen LogP contribution in [0.25, 0.3) is 0 Å². The smallest absolute Gasteiger partial charge is 0.350 e. The zero-order valence-electron chi connectivity index (χ0n) is 12.5. The Kier molecular flexibility index (Phi) is 4.83. The van der Waals surface area contributed by atoms with Gasteiger partial charge in [0.1, 0.15) is 0 Å². The van der Waals surface area contributed by atoms with E-state index >= 15 is 0 Å². The van der Waals surface area contributed by atoms with E-state index in [0.717, 1.165) is 47.2 Å². The zero-order valence-corrected chi connectivity index (χ0v) is 14.8. The van der Waals surface area contributed by atoms with Gasteiger partial charge in [-0.15, -0.1) is 0 Å². The van der Waals surface area contributed by atoms with Gasteiger partial charge in [0.05, 0.1) is 0 Å². The second-order valence-corrected chi connectivity index (χ2v) is 7.92. The van der Waals surface area contributed by atoms with Crippen LogP contribution in [-0.4, -0.2) is 16.5 Å². The fourth-order valence-electron chi connectivity index (χ4n) is 3.16. The third kappa shape index (κ3) is 3.47. The van der Waals surface area contributed by atoms with Crippen molar-refractivity contribution < 1.29 is 13.2 Å². The summed E-state index contributed by atoms with van der Waals surface area (Å²) < 4.78 is 40.4. The summed E-state index contributed by atoms with van der Waals surface area (Å²) in [6.45, 7) is 1.99. The van der Waals surface area contributed by atoms with E-state index < -0.39 is 11.6 Å². The first kappa shape index (κ1) is 17.3. The number of aryl methyl sites for hydroxylation is 1. The third-order valence-electron chi connectivity index (χ3n) is 4.26. The van der Waals surface area contributed by atoms with Gasteiger partial charge >= 0.3 is 6.18 Å². The van der Waals surface area contributed by atoms with E-state index in [1.165, 1.54) is 4.90 Å². The summed E-state index contributed by atoms with van der Waals surface area (Å²) in [5.74, 6) is 0. The van der Waals surface area contributed by atoms with Crippen LogP contribution >= 0.6 is 35.0 Å². The molecule has 1 atom stereocenters. The van der Waals surface area contributed by atoms with Crippen molar-refractivity contribution in [2.24, 2.45) is 0 Å². The Balaban J connectivity index is 1.96. The lowest BCUT2D eigenvalue weighted by Gasteiger charge is -2.31. The lowest BCUT2D eigenvalue weighted by atomic mass is 10.0. The number of allylic oxidation sites excluding steroid dienone is 2. The van der Waals surface area contributed by atoms with Crippen LogP contribution in [0.5, 0.6) is 0 Å². The van der Waals surface area contributed by atoms with Gasteiger partial charge in [-0.05, 0) is 55.9 Å². The van der Waals surface area contributed by atoms with Gasteiger partial charge in [0.25, 0.3) is 0 Å². The van der Waals surface area contributed by atoms with Crippen LogP contribution < -0.4 is 0 Å². The van der Waals surface area contributed by atoms with Crippen molar-refractivity contribution in [1.82, 2.24) is 4.90 Å². The first-order valence-corrected chi connectivity index (χ1v) is 9.07. The van der Waals surface area contributed by atoms with Gasteiger partial charge in [0.15, 0.2) is 5.37 Å². The molecule has 1 aromatic rings. The lowest BCUT2D eigenvalue weighted by molar-refractivity contribution is -0.153. The number of benzene rings is 1. The largest absolute Gasteiger partial charge is 0.418 e. The molecule has 0 aromatic heterocycles. The molecule has 0 spiro atoms. The number of alkyl halides is 3. The Labute approximate surface area is 147 Å². The molecule has 0 radical (unpaired) electrons. The van der Waals surface area contributed by atoms with Crippen molar-refractivity contribution in [2.75, 3.05) is 0 Å². The summed E-state index contributed by atoms with van der Waals surface area (Å²) in [5.41, 5.74) is 2.37. The van der Waals surface area contributed by atoms with Crippen molar-refractivity contribution >= 4 is 35.0 Å². The first-order valence-electron chi connectivity index (χ1n) is 7.44. The lowest BCUT2D eigenvalue weighted by Crippen LogP contribution is -2.39. The number of hydrogen-bond acceptors (Lipinski definition) is 2. The topological polar surface area (TPSA) is 3.24 Å². The molecule has 126 valence electrons. The SMILES string of the molecule is Cc1cc(Cl)cc(Cl)c1CN1C2=C(CCCC2)SC1C(F)(F)F. The predicted molar refractivity (Wildman–Crippen MR) is 89.7 cm³/mol. The fourth-order valence-corrected chi connectivity index (χ4v) is 5.16. The number of hydrogen-bond donors (Lipinski definition) is 0. The van der Waals surface area contributed by atoms with Gasteiger partial charge in [0.2, 0.25) is 0 Å². The molecular formula is C16H16Cl2F3NS. The Morgan fingerprint density at radius 2 is 1.91 bits per heavy atom. The van der Waals surface area contributed by atoms with Gasteiger partial charge < -0.3 is 4.90 Å². The maximum Gasteiger partial charge on any atom is 0.418 e. The van der Waals surface area contributed by atoms with E-state index in [1.54, 1.807) is 12.1 Å². The molecule has 3 rings (SSSR count). The van der Waals surface area contributed by atoms with E-state index in [2.05, 4.69) is 0 Å². The molecule has 1 nitrogen and oxygen atoms in total. The second-order valence-electron chi connectivity index (χ2n) is 5.90. The molecule has 1 unspecified atom stereocenters. The van der Waals surface area contributed by atoms with Crippen molar-refractivity contribution in [3.05, 3.63) is 43.9 Å². The molecule has 2 aliphatic rings. The minimum Gasteiger partial charge on any atom is -0.350 e. The molecule has 0 bridgehead atoms. The summed E-state index contributed by atoms with van der Waals surface area (Å²) in [6, 6.07) is 3.33. The summed E-state index contributed by atoms with van der Waals surface area (Å²) in [4.78, 5) is 2.38. The molecule has 0 fully saturated rings. The molecule has 1 aromatic carbocycles. The van der Waals surface area contributed by atoms with Crippen molar-refractivity contribution in [2.45, 2.75) is 50.7 Å². The first-order chi connectivity index (χ1) is 10.8. The summed E-state index contributed by atoms with van der Waals surface area (Å²) >= 11 is 13.1. The number of halogens is 5. The molecule has 1 aliphatic carbocycles. The highest BCUT2D eigenvalue weighted by Crippen LogP contribution is 2.51. The van der Waals surface area contributed by atoms with Crippen LogP contribution in [-0.2, 0) is 6.54 Å². The van der Waals surface area contributed by atoms with E-state index in [-0.39, 0.29) is 6.54 Å². The maximum absolute atomic E-state index is 13.5. The Morgan fingerprint density at radius 1 is 1.22 bits per heavy atom. The maximum atomic E-state index is 13.5. The van der Waals surface area contributed by atoms with E-state index in [9.17, 15) is 13.2 Å². The van der Waals surface area contributed by atoms with Crippen LogP contribution in [0, 0.1) is 6.92 Å². The van der Waals surface area contributed by atoms with Gasteiger partial charge in [0, 0.05) is 27.2 Å². The van der Waals surface area contributed by atoms with Crippen molar-refractivity contribution in [1.29, 1.82) is 0 Å². The number of thioether (sulfide) groups is 1. The summed E-state index contributed by atoms with van der Waals surface area (Å²) in [5, 5.41) is -0.598. The second kappa shape index (κ2) is 6.41. The molecular weight excluding hydrogens is 366 g/mol. The highest BCUT2D eigenvalue weighted by molar-refractivity contribution is 8.03. The highest BCUT2D eigenvalue weighted by atomic mass is 35.5. The molecule has 0 saturated carbocycles. The minimum atomic E-state index is -4.27. The number of rotatable bonds is 2. The highest BCUT2D eigenvalue weighted by Gasteiger charge is 2.50. The molecule has 0 saturated heterocycles. The van der Waals surface area contributed by atoms with Gasteiger partial charge in [-0.1, -0.05) is 35.0 Å². The molecule has 1 heterocycles. The van der Waals surface area contributed by atoms with Gasteiger partial charge in [-0.25, -0.2) is 0 Å². The molecule has 1 aliphatic heterocycles. The van der Waals surface area contributed by atoms with Crippen LogP contribution in [0.4, 0.5) is 13.2 Å². The van der Waals surface area contributed by atoms with E-state index in [0.29, 0.717) is 22.0 Å². The van der Waals surface area contributed by atoms with E-state index in [1.807, 2.05) is 6.92 Å². The minimum absolute atomic E-state index is 0.165. The monoisotopic (exact) mass is 381 g/mol. The van der Waals surface area contributed by atoms with Gasteiger partial charge in [-0.3, -0.25) is 0 Å². The standard InChI is InChI=1S/C16H16Cl2F3NS/c1-9-6-10(17)7-12(18)11(9)8-22-13-4-2-3-5-14(13)23-15(22)16(19,20)21/h6-7,15H,2-5,8H2,1H3. The normalized spacial score (nSPS) is 21.8. The Morgan fingerprint density at radius 3 is 2.57 bits per heavy atom. The van der Waals surface area contributed by atoms with Crippen molar-refractivity contribution in [3.8, 4) is 0 Å². The van der Waals surface area contributed by atoms with Gasteiger partial charge in [-0.2, -0.15) is 13.2 Å². The van der Waals surface area contributed by atoms with Crippen molar-refractivity contribution in [3.63, 3.8) is 0 Å². The Bertz CT molecular complexity index is 634. The molecule has 23 heavy (non-hydrogen) atoms. The average Bonchev–Trinajstić information content (AvgIpc) is 2.81. The predicted octanol–water partition coefficient (Wildman–Crippen LogP) is 6.52. The van der Waals surface area contributed by atoms with Crippen LogP contribution in [0.1, 0.15) is 36.8 Å².